The molecule has 6 heteroatoms. The molecule has 0 atom stereocenters. The molecule has 0 fully saturated rings. The monoisotopic (exact) mass is 355 g/mol. The number of benzene rings is 2. The van der Waals surface area contributed by atoms with Crippen molar-refractivity contribution in [1.29, 1.82) is 0 Å². The average Bonchev–Trinajstić information content (AvgIpc) is 3.18. The lowest BCUT2D eigenvalue weighted by Crippen LogP contribution is -2.24. The van der Waals surface area contributed by atoms with Gasteiger partial charge in [0, 0.05) is 29.4 Å². The lowest BCUT2D eigenvalue weighted by molar-refractivity contribution is 0.0954. The zero-order valence-electron chi connectivity index (χ0n) is 13.6. The summed E-state index contributed by atoms with van der Waals surface area (Å²) in [6.45, 7) is 0.605. The predicted molar refractivity (Wildman–Crippen MR) is 97.6 cm³/mol. The highest BCUT2D eigenvalue weighted by Gasteiger charge is 2.05. The number of carbonyl (C=O) groups is 1. The average molecular weight is 355 g/mol. The molecule has 25 heavy (non-hydrogen) atoms. The number of halogens is 1. The van der Waals surface area contributed by atoms with Gasteiger partial charge in [-0.15, -0.1) is 11.8 Å². The fraction of sp³-hybridized carbons (Fsp3) is 0.158. The molecule has 1 aromatic heterocycles. The van der Waals surface area contributed by atoms with Crippen molar-refractivity contribution in [1.82, 2.24) is 15.1 Å². The predicted octanol–water partition coefficient (Wildman–Crippen LogP) is 3.92. The van der Waals surface area contributed by atoms with Crippen LogP contribution in [0.2, 0.25) is 0 Å². The van der Waals surface area contributed by atoms with Crippen molar-refractivity contribution in [2.45, 2.75) is 11.3 Å². The number of thioether (sulfide) groups is 1. The molecule has 3 aromatic rings. The summed E-state index contributed by atoms with van der Waals surface area (Å²) in [5.74, 6) is 0.554. The number of hydrogen-bond donors (Lipinski definition) is 1. The molecule has 0 aliphatic carbocycles. The molecular formula is C19H18FN3OS. The van der Waals surface area contributed by atoms with E-state index in [1.54, 1.807) is 46.9 Å². The first kappa shape index (κ1) is 17.2. The summed E-state index contributed by atoms with van der Waals surface area (Å²) in [4.78, 5) is 13.2. The summed E-state index contributed by atoms with van der Waals surface area (Å²) in [5.41, 5.74) is 1.54. The van der Waals surface area contributed by atoms with Crippen molar-refractivity contribution in [3.05, 3.63) is 78.4 Å². The third kappa shape index (κ3) is 4.93. The van der Waals surface area contributed by atoms with Gasteiger partial charge in [-0.25, -0.2) is 9.07 Å². The second kappa shape index (κ2) is 8.48. The van der Waals surface area contributed by atoms with E-state index < -0.39 is 0 Å². The van der Waals surface area contributed by atoms with Crippen LogP contribution in [0.1, 0.15) is 16.8 Å². The van der Waals surface area contributed by atoms with Crippen molar-refractivity contribution >= 4 is 17.7 Å². The van der Waals surface area contributed by atoms with Crippen LogP contribution in [-0.4, -0.2) is 28.0 Å². The molecule has 1 N–H and O–H groups in total. The highest BCUT2D eigenvalue weighted by Crippen LogP contribution is 2.18. The first-order chi connectivity index (χ1) is 12.2. The Labute approximate surface area is 150 Å². The van der Waals surface area contributed by atoms with Gasteiger partial charge in [0.2, 0.25) is 0 Å². The summed E-state index contributed by atoms with van der Waals surface area (Å²) in [6, 6.07) is 15.6. The van der Waals surface area contributed by atoms with Gasteiger partial charge in [0.25, 0.3) is 5.91 Å². The fourth-order valence-corrected chi connectivity index (χ4v) is 3.14. The number of nitrogens with zero attached hydrogens (tertiary/aromatic N) is 2. The molecule has 0 spiro atoms. The lowest BCUT2D eigenvalue weighted by Gasteiger charge is -2.07. The third-order valence-electron chi connectivity index (χ3n) is 3.59. The molecule has 128 valence electrons. The van der Waals surface area contributed by atoms with E-state index >= 15 is 0 Å². The molecule has 0 saturated carbocycles. The Balaban J connectivity index is 1.41. The number of aromatic nitrogens is 2. The van der Waals surface area contributed by atoms with E-state index in [4.69, 9.17) is 0 Å². The maximum absolute atomic E-state index is 12.8. The van der Waals surface area contributed by atoms with Crippen molar-refractivity contribution in [2.24, 2.45) is 0 Å². The van der Waals surface area contributed by atoms with Gasteiger partial charge < -0.3 is 5.32 Å². The Hall–Kier alpha value is -2.60. The molecular weight excluding hydrogens is 337 g/mol. The Bertz CT molecular complexity index is 802. The Morgan fingerprint density at radius 3 is 2.56 bits per heavy atom. The van der Waals surface area contributed by atoms with Gasteiger partial charge >= 0.3 is 0 Å². The van der Waals surface area contributed by atoms with E-state index in [9.17, 15) is 9.18 Å². The molecule has 2 aromatic carbocycles. The summed E-state index contributed by atoms with van der Waals surface area (Å²) < 4.78 is 14.6. The van der Waals surface area contributed by atoms with E-state index in [-0.39, 0.29) is 11.7 Å². The van der Waals surface area contributed by atoms with Crippen LogP contribution in [0.5, 0.6) is 0 Å². The van der Waals surface area contributed by atoms with Gasteiger partial charge in [-0.1, -0.05) is 0 Å². The van der Waals surface area contributed by atoms with Crippen LogP contribution in [0.25, 0.3) is 5.69 Å². The number of nitrogens with one attached hydrogen (secondary N) is 1. The molecule has 0 bridgehead atoms. The smallest absolute Gasteiger partial charge is 0.251 e. The van der Waals surface area contributed by atoms with Gasteiger partial charge in [0.1, 0.15) is 5.82 Å². The molecule has 0 aliphatic heterocycles. The van der Waals surface area contributed by atoms with Crippen LogP contribution in [0.3, 0.4) is 0 Å². The maximum atomic E-state index is 12.8. The molecule has 3 rings (SSSR count). The minimum Gasteiger partial charge on any atom is -0.352 e. The van der Waals surface area contributed by atoms with E-state index in [1.807, 2.05) is 24.4 Å². The Kier molecular flexibility index (Phi) is 5.85. The molecule has 0 saturated heterocycles. The SMILES string of the molecule is O=C(NCCCSc1ccc(F)cc1)c1ccc(-n2cccn2)cc1. The summed E-state index contributed by atoms with van der Waals surface area (Å²) in [6.07, 6.45) is 4.41. The van der Waals surface area contributed by atoms with Crippen LogP contribution in [0.4, 0.5) is 4.39 Å². The summed E-state index contributed by atoms with van der Waals surface area (Å²) in [7, 11) is 0. The van der Waals surface area contributed by atoms with E-state index in [2.05, 4.69) is 10.4 Å². The first-order valence-electron chi connectivity index (χ1n) is 7.99. The second-order valence-corrected chi connectivity index (χ2v) is 6.58. The number of rotatable bonds is 7. The van der Waals surface area contributed by atoms with E-state index in [0.29, 0.717) is 12.1 Å². The molecule has 0 radical (unpaired) electrons. The number of hydrogen-bond acceptors (Lipinski definition) is 3. The highest BCUT2D eigenvalue weighted by molar-refractivity contribution is 7.99. The maximum Gasteiger partial charge on any atom is 0.251 e. The highest BCUT2D eigenvalue weighted by atomic mass is 32.2. The zero-order chi connectivity index (χ0) is 17.5. The van der Waals surface area contributed by atoms with Gasteiger partial charge in [-0.05, 0) is 66.8 Å². The topological polar surface area (TPSA) is 46.9 Å². The van der Waals surface area contributed by atoms with E-state index in [0.717, 1.165) is 22.8 Å². The third-order valence-corrected chi connectivity index (χ3v) is 4.69. The number of carbonyl (C=O) groups excluding carboxylic acids is 1. The molecule has 0 aliphatic rings. The van der Waals surface area contributed by atoms with Gasteiger partial charge in [0.05, 0.1) is 5.69 Å². The molecule has 0 unspecified atom stereocenters. The van der Waals surface area contributed by atoms with Crippen LogP contribution < -0.4 is 5.32 Å². The Morgan fingerprint density at radius 2 is 1.88 bits per heavy atom. The van der Waals surface area contributed by atoms with Crippen molar-refractivity contribution in [2.75, 3.05) is 12.3 Å². The normalized spacial score (nSPS) is 10.6. The molecule has 1 amide bonds. The van der Waals surface area contributed by atoms with Crippen molar-refractivity contribution < 1.29 is 9.18 Å². The van der Waals surface area contributed by atoms with Gasteiger partial charge in [-0.3, -0.25) is 4.79 Å². The van der Waals surface area contributed by atoms with Crippen molar-refractivity contribution in [3.63, 3.8) is 0 Å². The largest absolute Gasteiger partial charge is 0.352 e. The van der Waals surface area contributed by atoms with Gasteiger partial charge in [-0.2, -0.15) is 5.10 Å². The standard InChI is InChI=1S/C19H18FN3OS/c20-16-5-9-18(10-6-16)25-14-2-11-21-19(24)15-3-7-17(8-4-15)23-13-1-12-22-23/h1,3-10,12-13H,2,11,14H2,(H,21,24). The van der Waals surface area contributed by atoms with E-state index in [1.165, 1.54) is 12.1 Å². The second-order valence-electron chi connectivity index (χ2n) is 5.41. The minimum atomic E-state index is -0.227. The van der Waals surface area contributed by atoms with Gasteiger partial charge in [0.15, 0.2) is 0 Å². The minimum absolute atomic E-state index is 0.0844. The van der Waals surface area contributed by atoms with Crippen LogP contribution >= 0.6 is 11.8 Å². The van der Waals surface area contributed by atoms with Crippen LogP contribution in [0.15, 0.2) is 71.9 Å². The quantitative estimate of drug-likeness (QED) is 0.516. The van der Waals surface area contributed by atoms with Crippen molar-refractivity contribution in [3.8, 4) is 5.69 Å². The van der Waals surface area contributed by atoms with Crippen LogP contribution in [-0.2, 0) is 0 Å². The molecule has 1 heterocycles. The summed E-state index contributed by atoms with van der Waals surface area (Å²) >= 11 is 1.65. The lowest BCUT2D eigenvalue weighted by atomic mass is 10.2. The van der Waals surface area contributed by atoms with Crippen LogP contribution in [0, 0.1) is 5.82 Å². The molecule has 4 nitrogen and oxygen atoms in total. The first-order valence-corrected chi connectivity index (χ1v) is 8.97. The zero-order valence-corrected chi connectivity index (χ0v) is 14.4. The Morgan fingerprint density at radius 1 is 1.12 bits per heavy atom. The summed E-state index contributed by atoms with van der Waals surface area (Å²) in [5, 5.41) is 7.07. The number of amides is 1. The fourth-order valence-electron chi connectivity index (χ4n) is 2.28.